The summed E-state index contributed by atoms with van der Waals surface area (Å²) in [4.78, 5) is 13.1. The molecule has 0 aromatic carbocycles. The highest BCUT2D eigenvalue weighted by Gasteiger charge is 2.32. The van der Waals surface area contributed by atoms with Crippen molar-refractivity contribution >= 4 is 12.2 Å². The van der Waals surface area contributed by atoms with E-state index in [2.05, 4.69) is 10.3 Å². The molecule has 0 N–H and O–H groups in total. The molecule has 1 unspecified atom stereocenters. The van der Waals surface area contributed by atoms with Crippen LogP contribution in [0.2, 0.25) is 0 Å². The number of carbonyl (C=O) groups excluding carboxylic acids is 1. The number of nitrogens with zero attached hydrogens (tertiary/aromatic N) is 2. The van der Waals surface area contributed by atoms with E-state index in [4.69, 9.17) is 0 Å². The van der Waals surface area contributed by atoms with Crippen molar-refractivity contribution in [1.29, 1.82) is 0 Å². The van der Waals surface area contributed by atoms with Crippen molar-refractivity contribution in [2.45, 2.75) is 12.5 Å². The van der Waals surface area contributed by atoms with Crippen LogP contribution in [0, 0.1) is 0 Å². The van der Waals surface area contributed by atoms with Crippen LogP contribution < -0.4 is 5.32 Å². The van der Waals surface area contributed by atoms with Gasteiger partial charge in [0.2, 0.25) is 0 Å². The lowest BCUT2D eigenvalue weighted by molar-refractivity contribution is -0.121. The second kappa shape index (κ2) is 2.08. The fraction of sp³-hybridized carbons (Fsp3) is 0.500. The summed E-state index contributed by atoms with van der Waals surface area (Å²) in [7, 11) is 0. The van der Waals surface area contributed by atoms with E-state index in [1.807, 2.05) is 6.34 Å². The molecule has 5 heteroatoms. The normalized spacial score (nSPS) is 25.2. The third-order valence-electron chi connectivity index (χ3n) is 0.849. The first kappa shape index (κ1) is 6.12. The van der Waals surface area contributed by atoms with Crippen LogP contribution in [-0.4, -0.2) is 24.7 Å². The summed E-state index contributed by atoms with van der Waals surface area (Å²) < 4.78 is 23.2. The second-order valence-electron chi connectivity index (χ2n) is 1.46. The molecule has 2 radical (unpaired) electrons. The third kappa shape index (κ3) is 1.04. The Balaban J connectivity index is 2.56. The largest absolute Gasteiger partial charge is 0.278 e. The molecule has 0 spiro atoms. The smallest absolute Gasteiger partial charge is 0.270 e. The first-order valence-corrected chi connectivity index (χ1v) is 2.19. The van der Waals surface area contributed by atoms with Crippen molar-refractivity contribution in [3.05, 3.63) is 0 Å². The van der Waals surface area contributed by atoms with E-state index in [0.717, 1.165) is 0 Å². The van der Waals surface area contributed by atoms with Crippen molar-refractivity contribution in [2.75, 3.05) is 0 Å². The predicted molar refractivity (Wildman–Crippen MR) is 24.4 cm³/mol. The van der Waals surface area contributed by atoms with Crippen LogP contribution in [0.1, 0.15) is 0 Å². The van der Waals surface area contributed by atoms with Crippen molar-refractivity contribution in [1.82, 2.24) is 5.32 Å². The topological polar surface area (TPSA) is 43.5 Å². The van der Waals surface area contributed by atoms with Crippen molar-refractivity contribution < 1.29 is 13.6 Å². The van der Waals surface area contributed by atoms with E-state index in [0.29, 0.717) is 0 Å². The van der Waals surface area contributed by atoms with Crippen LogP contribution in [0.15, 0.2) is 4.99 Å². The van der Waals surface area contributed by atoms with Crippen molar-refractivity contribution in [3.63, 3.8) is 0 Å². The molecule has 0 aromatic rings. The highest BCUT2D eigenvalue weighted by molar-refractivity contribution is 5.95. The Bertz CT molecular complexity index is 157. The summed E-state index contributed by atoms with van der Waals surface area (Å²) in [6, 6.07) is -1.59. The van der Waals surface area contributed by atoms with Gasteiger partial charge in [0.05, 0.1) is 0 Å². The van der Waals surface area contributed by atoms with Gasteiger partial charge in [0, 0.05) is 0 Å². The van der Waals surface area contributed by atoms with Gasteiger partial charge in [0.1, 0.15) is 0 Å². The quantitative estimate of drug-likeness (QED) is 0.481. The summed E-state index contributed by atoms with van der Waals surface area (Å²) >= 11 is 0. The Kier molecular flexibility index (Phi) is 1.42. The molecule has 48 valence electrons. The Hall–Kier alpha value is -1.00. The molecule has 1 aliphatic heterocycles. The van der Waals surface area contributed by atoms with Gasteiger partial charge in [-0.15, -0.1) is 0 Å². The van der Waals surface area contributed by atoms with Crippen LogP contribution in [0.4, 0.5) is 8.78 Å². The van der Waals surface area contributed by atoms with Gasteiger partial charge in [0.15, 0.2) is 12.4 Å². The van der Waals surface area contributed by atoms with Crippen LogP contribution in [0.5, 0.6) is 0 Å². The van der Waals surface area contributed by atoms with E-state index in [1.165, 1.54) is 0 Å². The van der Waals surface area contributed by atoms with Crippen LogP contribution >= 0.6 is 0 Å². The molecular formula is C4H2F2N2O. The Morgan fingerprint density at radius 1 is 1.67 bits per heavy atom. The molecule has 9 heavy (non-hydrogen) atoms. The lowest BCUT2D eigenvalue weighted by Gasteiger charge is -2.00. The van der Waals surface area contributed by atoms with Gasteiger partial charge in [-0.1, -0.05) is 0 Å². The van der Waals surface area contributed by atoms with Crippen molar-refractivity contribution in [2.24, 2.45) is 4.99 Å². The maximum absolute atomic E-state index is 11.6. The van der Waals surface area contributed by atoms with E-state index < -0.39 is 18.4 Å². The van der Waals surface area contributed by atoms with E-state index in [1.54, 1.807) is 0 Å². The number of carbonyl (C=O) groups is 1. The number of hydrogen-bond donors (Lipinski definition) is 0. The van der Waals surface area contributed by atoms with E-state index in [-0.39, 0.29) is 0 Å². The highest BCUT2D eigenvalue weighted by Crippen LogP contribution is 2.06. The number of hydrogen-bond acceptors (Lipinski definition) is 1. The minimum atomic E-state index is -2.75. The van der Waals surface area contributed by atoms with Crippen LogP contribution in [0.3, 0.4) is 0 Å². The Labute approximate surface area is 49.8 Å². The molecule has 1 aliphatic rings. The number of halogens is 2. The second-order valence-corrected chi connectivity index (χ2v) is 1.46. The van der Waals surface area contributed by atoms with Gasteiger partial charge in [-0.05, 0) is 0 Å². The fourth-order valence-electron chi connectivity index (χ4n) is 0.426. The Morgan fingerprint density at radius 3 is 2.56 bits per heavy atom. The number of aliphatic imine (C=N–C) groups is 1. The van der Waals surface area contributed by atoms with Crippen LogP contribution in [0.25, 0.3) is 0 Å². The SMILES string of the molecule is O=C1N=[C][N]C1C(F)F. The monoisotopic (exact) mass is 132 g/mol. The first-order valence-electron chi connectivity index (χ1n) is 2.19. The molecule has 1 heterocycles. The van der Waals surface area contributed by atoms with Gasteiger partial charge in [-0.3, -0.25) is 4.79 Å². The summed E-state index contributed by atoms with van der Waals surface area (Å²) in [5.41, 5.74) is 0. The summed E-state index contributed by atoms with van der Waals surface area (Å²) in [6.07, 6.45) is -0.930. The first-order chi connectivity index (χ1) is 4.22. The Morgan fingerprint density at radius 2 is 2.33 bits per heavy atom. The predicted octanol–water partition coefficient (Wildman–Crippen LogP) is -0.330. The molecule has 0 fully saturated rings. The van der Waals surface area contributed by atoms with Gasteiger partial charge < -0.3 is 0 Å². The number of rotatable bonds is 1. The summed E-state index contributed by atoms with van der Waals surface area (Å²) in [5.74, 6) is -0.912. The van der Waals surface area contributed by atoms with E-state index >= 15 is 0 Å². The molecule has 0 aromatic heterocycles. The summed E-state index contributed by atoms with van der Waals surface area (Å²) in [6.45, 7) is 0. The highest BCUT2D eigenvalue weighted by atomic mass is 19.3. The molecule has 3 nitrogen and oxygen atoms in total. The zero-order chi connectivity index (χ0) is 6.85. The molecule has 0 aliphatic carbocycles. The van der Waals surface area contributed by atoms with Gasteiger partial charge in [-0.2, -0.15) is 4.99 Å². The zero-order valence-corrected chi connectivity index (χ0v) is 4.21. The van der Waals surface area contributed by atoms with Crippen LogP contribution in [-0.2, 0) is 4.79 Å². The maximum atomic E-state index is 11.6. The van der Waals surface area contributed by atoms with E-state index in [9.17, 15) is 13.6 Å². The van der Waals surface area contributed by atoms with Gasteiger partial charge >= 0.3 is 0 Å². The standard InChI is InChI=1S/C4H2F2N2O/c5-3(6)2-4(9)8-1-7-2/h2-3H. The molecule has 1 amide bonds. The molecule has 0 bridgehead atoms. The molecular weight excluding hydrogens is 130 g/mol. The average Bonchev–Trinajstić information content (AvgIpc) is 2.13. The zero-order valence-electron chi connectivity index (χ0n) is 4.21. The average molecular weight is 132 g/mol. The lowest BCUT2D eigenvalue weighted by atomic mass is 10.3. The van der Waals surface area contributed by atoms with Gasteiger partial charge in [0.25, 0.3) is 12.3 Å². The molecule has 0 saturated carbocycles. The minimum Gasteiger partial charge on any atom is -0.270 e. The molecule has 0 saturated heterocycles. The summed E-state index contributed by atoms with van der Waals surface area (Å²) in [5, 5.41) is 3.00. The van der Waals surface area contributed by atoms with Crippen molar-refractivity contribution in [3.8, 4) is 0 Å². The third-order valence-corrected chi connectivity index (χ3v) is 0.849. The maximum Gasteiger partial charge on any atom is 0.278 e. The number of alkyl halides is 2. The fourth-order valence-corrected chi connectivity index (χ4v) is 0.426. The molecule has 1 atom stereocenters. The minimum absolute atomic E-state index is 0.912. The van der Waals surface area contributed by atoms with Gasteiger partial charge in [-0.25, -0.2) is 14.1 Å². The lowest BCUT2D eigenvalue weighted by Crippen LogP contribution is -2.30. The number of amides is 1. The molecule has 1 rings (SSSR count).